The third-order valence-corrected chi connectivity index (χ3v) is 2.57. The Morgan fingerprint density at radius 3 is 2.70 bits per heavy atom. The second-order valence-corrected chi connectivity index (χ2v) is 4.78. The molecule has 0 aliphatic rings. The minimum Gasteiger partial charge on any atom is -0.452 e. The molecule has 0 saturated heterocycles. The zero-order valence-electron chi connectivity index (χ0n) is 11.1. The predicted molar refractivity (Wildman–Crippen MR) is 74.0 cm³/mol. The highest BCUT2D eigenvalue weighted by Crippen LogP contribution is 2.18. The molecule has 104 valence electrons. The van der Waals surface area contributed by atoms with Gasteiger partial charge in [-0.2, -0.15) is 4.98 Å². The molecule has 0 radical (unpaired) electrons. The van der Waals surface area contributed by atoms with Crippen LogP contribution in [0.25, 0.3) is 11.4 Å². The van der Waals surface area contributed by atoms with Crippen LogP contribution in [0.3, 0.4) is 0 Å². The van der Waals surface area contributed by atoms with E-state index in [-0.39, 0.29) is 12.5 Å². The molecule has 0 unspecified atom stereocenters. The first-order valence-electron chi connectivity index (χ1n) is 5.95. The Morgan fingerprint density at radius 2 is 2.05 bits per heavy atom. The molecule has 0 aliphatic carbocycles. The van der Waals surface area contributed by atoms with Gasteiger partial charge in [0, 0.05) is 16.7 Å². The van der Waals surface area contributed by atoms with E-state index in [9.17, 15) is 4.79 Å². The topological polar surface area (TPSA) is 65.2 Å². The molecular weight excluding hydrogens is 280 g/mol. The number of allylic oxidation sites excluding steroid dienone is 1. The number of nitrogens with zero attached hydrogens (tertiary/aromatic N) is 2. The van der Waals surface area contributed by atoms with Crippen molar-refractivity contribution < 1.29 is 14.1 Å². The number of benzene rings is 1. The highest BCUT2D eigenvalue weighted by molar-refractivity contribution is 6.30. The molecule has 0 atom stereocenters. The van der Waals surface area contributed by atoms with Crippen molar-refractivity contribution in [2.75, 3.05) is 0 Å². The summed E-state index contributed by atoms with van der Waals surface area (Å²) >= 11 is 5.80. The number of hydrogen-bond acceptors (Lipinski definition) is 5. The Balaban J connectivity index is 2.01. The van der Waals surface area contributed by atoms with Gasteiger partial charge in [0.05, 0.1) is 0 Å². The van der Waals surface area contributed by atoms with Gasteiger partial charge in [0.15, 0.2) is 6.61 Å². The Morgan fingerprint density at radius 1 is 1.35 bits per heavy atom. The second-order valence-electron chi connectivity index (χ2n) is 4.35. The molecule has 1 heterocycles. The lowest BCUT2D eigenvalue weighted by atomic mass is 10.2. The Bertz CT molecular complexity index is 628. The van der Waals surface area contributed by atoms with Gasteiger partial charge in [-0.1, -0.05) is 22.3 Å². The van der Waals surface area contributed by atoms with E-state index in [2.05, 4.69) is 10.1 Å². The Hall–Kier alpha value is -2.14. The standard InChI is InChI=1S/C14H13ClN2O3/c1-9(2)7-13(18)19-8-12-16-14(17-20-12)10-3-5-11(15)6-4-10/h3-7H,8H2,1-2H3. The fourth-order valence-electron chi connectivity index (χ4n) is 1.44. The van der Waals surface area contributed by atoms with Crippen LogP contribution in [0.15, 0.2) is 40.4 Å². The predicted octanol–water partition coefficient (Wildman–Crippen LogP) is 3.40. The number of ether oxygens (including phenoxy) is 1. The molecule has 6 heteroatoms. The van der Waals surface area contributed by atoms with Crippen LogP contribution in [0.4, 0.5) is 0 Å². The van der Waals surface area contributed by atoms with Crippen molar-refractivity contribution in [2.24, 2.45) is 0 Å². The van der Waals surface area contributed by atoms with Gasteiger partial charge in [-0.25, -0.2) is 4.79 Å². The average molecular weight is 293 g/mol. The molecule has 0 saturated carbocycles. The van der Waals surface area contributed by atoms with Gasteiger partial charge < -0.3 is 9.26 Å². The van der Waals surface area contributed by atoms with E-state index in [1.807, 2.05) is 13.8 Å². The number of rotatable bonds is 4. The minimum atomic E-state index is -0.434. The number of aromatic nitrogens is 2. The molecule has 0 bridgehead atoms. The second kappa shape index (κ2) is 6.34. The third-order valence-electron chi connectivity index (χ3n) is 2.31. The van der Waals surface area contributed by atoms with Gasteiger partial charge >= 0.3 is 5.97 Å². The zero-order valence-corrected chi connectivity index (χ0v) is 11.8. The number of esters is 1. The normalized spacial score (nSPS) is 10.2. The van der Waals surface area contributed by atoms with Crippen LogP contribution >= 0.6 is 11.6 Å². The monoisotopic (exact) mass is 292 g/mol. The molecule has 5 nitrogen and oxygen atoms in total. The van der Waals surface area contributed by atoms with Crippen LogP contribution in [0.5, 0.6) is 0 Å². The first kappa shape index (κ1) is 14.3. The summed E-state index contributed by atoms with van der Waals surface area (Å²) in [4.78, 5) is 15.5. The van der Waals surface area contributed by atoms with Crippen LogP contribution in [0.1, 0.15) is 19.7 Å². The molecule has 0 aliphatic heterocycles. The maximum atomic E-state index is 11.3. The van der Waals surface area contributed by atoms with Crippen molar-refractivity contribution in [3.63, 3.8) is 0 Å². The number of halogens is 1. The fourth-order valence-corrected chi connectivity index (χ4v) is 1.57. The van der Waals surface area contributed by atoms with E-state index < -0.39 is 5.97 Å². The number of carbonyl (C=O) groups excluding carboxylic acids is 1. The van der Waals surface area contributed by atoms with Gasteiger partial charge in [0.2, 0.25) is 5.82 Å². The van der Waals surface area contributed by atoms with Gasteiger partial charge in [-0.15, -0.1) is 0 Å². The SMILES string of the molecule is CC(C)=CC(=O)OCc1nc(-c2ccc(Cl)cc2)no1. The van der Waals surface area contributed by atoms with Crippen LogP contribution in [0, 0.1) is 0 Å². The smallest absolute Gasteiger partial charge is 0.331 e. The molecule has 2 aromatic rings. The lowest BCUT2D eigenvalue weighted by Gasteiger charge is -1.97. The molecule has 0 spiro atoms. The minimum absolute atomic E-state index is 0.0524. The van der Waals surface area contributed by atoms with E-state index in [0.29, 0.717) is 10.8 Å². The van der Waals surface area contributed by atoms with E-state index in [0.717, 1.165) is 11.1 Å². The molecule has 0 fully saturated rings. The van der Waals surface area contributed by atoms with E-state index >= 15 is 0 Å². The maximum Gasteiger partial charge on any atom is 0.331 e. The third kappa shape index (κ3) is 3.93. The lowest BCUT2D eigenvalue weighted by molar-refractivity contribution is -0.139. The highest BCUT2D eigenvalue weighted by Gasteiger charge is 2.10. The maximum absolute atomic E-state index is 11.3. The Labute approximate surface area is 121 Å². The molecule has 1 aromatic heterocycles. The number of hydrogen-bond donors (Lipinski definition) is 0. The summed E-state index contributed by atoms with van der Waals surface area (Å²) < 4.78 is 9.99. The molecule has 20 heavy (non-hydrogen) atoms. The summed E-state index contributed by atoms with van der Waals surface area (Å²) in [5.41, 5.74) is 1.64. The number of carbonyl (C=O) groups is 1. The Kier molecular flexibility index (Phi) is 4.53. The molecular formula is C14H13ClN2O3. The van der Waals surface area contributed by atoms with Gasteiger partial charge in [-0.3, -0.25) is 0 Å². The molecule has 0 amide bonds. The quantitative estimate of drug-likeness (QED) is 0.638. The van der Waals surface area contributed by atoms with Crippen molar-refractivity contribution in [1.82, 2.24) is 10.1 Å². The summed E-state index contributed by atoms with van der Waals surface area (Å²) in [6, 6.07) is 7.04. The van der Waals surface area contributed by atoms with Gasteiger partial charge in [-0.05, 0) is 38.1 Å². The molecule has 0 N–H and O–H groups in total. The van der Waals surface area contributed by atoms with Crippen molar-refractivity contribution in [3.05, 3.63) is 46.8 Å². The van der Waals surface area contributed by atoms with Crippen molar-refractivity contribution >= 4 is 17.6 Å². The summed E-state index contributed by atoms with van der Waals surface area (Å²) in [5.74, 6) is 0.233. The van der Waals surface area contributed by atoms with Crippen LogP contribution in [-0.4, -0.2) is 16.1 Å². The van der Waals surface area contributed by atoms with Gasteiger partial charge in [0.1, 0.15) is 0 Å². The van der Waals surface area contributed by atoms with E-state index in [1.165, 1.54) is 6.08 Å². The molecule has 1 aromatic carbocycles. The summed E-state index contributed by atoms with van der Waals surface area (Å²) in [6.07, 6.45) is 1.40. The van der Waals surface area contributed by atoms with E-state index in [4.69, 9.17) is 20.9 Å². The zero-order chi connectivity index (χ0) is 14.5. The highest BCUT2D eigenvalue weighted by atomic mass is 35.5. The van der Waals surface area contributed by atoms with Crippen molar-refractivity contribution in [1.29, 1.82) is 0 Å². The summed E-state index contributed by atoms with van der Waals surface area (Å²) in [7, 11) is 0. The van der Waals surface area contributed by atoms with Crippen LogP contribution < -0.4 is 0 Å². The lowest BCUT2D eigenvalue weighted by Crippen LogP contribution is -2.01. The van der Waals surface area contributed by atoms with Gasteiger partial charge in [0.25, 0.3) is 5.89 Å². The van der Waals surface area contributed by atoms with Crippen molar-refractivity contribution in [2.45, 2.75) is 20.5 Å². The average Bonchev–Trinajstić information content (AvgIpc) is 2.85. The van der Waals surface area contributed by atoms with Crippen molar-refractivity contribution in [3.8, 4) is 11.4 Å². The summed E-state index contributed by atoms with van der Waals surface area (Å²) in [6.45, 7) is 3.57. The van der Waals surface area contributed by atoms with Crippen LogP contribution in [0.2, 0.25) is 5.02 Å². The molecule has 2 rings (SSSR count). The van der Waals surface area contributed by atoms with Crippen LogP contribution in [-0.2, 0) is 16.1 Å². The van der Waals surface area contributed by atoms with E-state index in [1.54, 1.807) is 24.3 Å². The first-order valence-corrected chi connectivity index (χ1v) is 6.32. The fraction of sp³-hybridized carbons (Fsp3) is 0.214. The summed E-state index contributed by atoms with van der Waals surface area (Å²) in [5, 5.41) is 4.45. The first-order chi connectivity index (χ1) is 9.54. The largest absolute Gasteiger partial charge is 0.452 e.